The summed E-state index contributed by atoms with van der Waals surface area (Å²) in [5, 5.41) is 18.3. The molecule has 1 saturated heterocycles. The third kappa shape index (κ3) is 4.68. The van der Waals surface area contributed by atoms with Gasteiger partial charge in [0.1, 0.15) is 18.3 Å². The van der Waals surface area contributed by atoms with Gasteiger partial charge in [-0.1, -0.05) is 36.4 Å². The summed E-state index contributed by atoms with van der Waals surface area (Å²) in [6.07, 6.45) is 2.93. The molecule has 1 aliphatic rings. The number of ether oxygens (including phenoxy) is 2. The molecule has 8 heteroatoms. The number of aromatic nitrogens is 4. The van der Waals surface area contributed by atoms with E-state index in [1.54, 1.807) is 10.7 Å². The van der Waals surface area contributed by atoms with Crippen LogP contribution in [-0.4, -0.2) is 61.4 Å². The van der Waals surface area contributed by atoms with E-state index in [4.69, 9.17) is 9.47 Å². The first kappa shape index (κ1) is 23.5. The van der Waals surface area contributed by atoms with Crippen LogP contribution in [0.5, 0.6) is 11.9 Å². The highest BCUT2D eigenvalue weighted by Crippen LogP contribution is 2.33. The van der Waals surface area contributed by atoms with Crippen molar-refractivity contribution in [2.45, 2.75) is 58.3 Å². The van der Waals surface area contributed by atoms with Crippen LogP contribution in [0.1, 0.15) is 56.5 Å². The summed E-state index contributed by atoms with van der Waals surface area (Å²) in [6, 6.07) is 12.6. The van der Waals surface area contributed by atoms with Crippen LogP contribution in [0, 0.1) is 6.92 Å². The second-order valence-electron chi connectivity index (χ2n) is 10.3. The predicted molar refractivity (Wildman–Crippen MR) is 135 cm³/mol. The molecule has 0 radical (unpaired) electrons. The molecule has 1 unspecified atom stereocenters. The van der Waals surface area contributed by atoms with Crippen molar-refractivity contribution in [3.05, 3.63) is 59.4 Å². The first-order valence-corrected chi connectivity index (χ1v) is 12.2. The number of aliphatic hydroxyl groups is 1. The van der Waals surface area contributed by atoms with Crippen LogP contribution in [0.4, 0.5) is 0 Å². The van der Waals surface area contributed by atoms with Crippen molar-refractivity contribution in [2.75, 3.05) is 20.2 Å². The second-order valence-corrected chi connectivity index (χ2v) is 10.3. The second kappa shape index (κ2) is 9.09. The number of imidazole rings is 1. The van der Waals surface area contributed by atoms with Gasteiger partial charge in [-0.3, -0.25) is 0 Å². The molecule has 184 valence electrons. The van der Waals surface area contributed by atoms with Crippen molar-refractivity contribution in [3.63, 3.8) is 0 Å². The summed E-state index contributed by atoms with van der Waals surface area (Å²) < 4.78 is 13.8. The van der Waals surface area contributed by atoms with Crippen LogP contribution < -0.4 is 9.47 Å². The molecule has 35 heavy (non-hydrogen) atoms. The third-order valence-corrected chi connectivity index (χ3v) is 6.54. The molecule has 2 aromatic carbocycles. The third-order valence-electron chi connectivity index (χ3n) is 6.54. The van der Waals surface area contributed by atoms with E-state index in [0.29, 0.717) is 29.9 Å². The Morgan fingerprint density at radius 1 is 1.17 bits per heavy atom. The molecule has 0 amide bonds. The van der Waals surface area contributed by atoms with Crippen molar-refractivity contribution in [3.8, 4) is 11.9 Å². The van der Waals surface area contributed by atoms with Gasteiger partial charge in [0.25, 0.3) is 5.88 Å². The highest BCUT2D eigenvalue weighted by molar-refractivity contribution is 5.89. The van der Waals surface area contributed by atoms with Crippen molar-refractivity contribution >= 4 is 16.4 Å². The Bertz CT molecular complexity index is 1360. The molecule has 0 bridgehead atoms. The number of likely N-dealkylation sites (tertiary alicyclic amines) is 1. The zero-order chi connectivity index (χ0) is 24.7. The number of nitrogens with zero attached hydrogens (tertiary/aromatic N) is 5. The fourth-order valence-corrected chi connectivity index (χ4v) is 4.77. The maximum atomic E-state index is 11.5. The molecular weight excluding hydrogens is 442 g/mol. The smallest absolute Gasteiger partial charge is 0.337 e. The zero-order valence-electron chi connectivity index (χ0n) is 21.0. The molecular formula is C27H33N5O3. The Hall–Kier alpha value is -3.23. The normalized spacial score (nSPS) is 17.8. The standard InChI is InChI=1S/C27H33N5O3/c1-17-9-6-10-18-11-7-13-20(22(17)18)23(33)21-15-28-24-25(35-27(2,3)4)29-26(30-32(21)24)34-16-19-12-8-14-31(19)5/h6-7,9-11,13,15,19,23,33H,8,12,14,16H2,1-5H3/t19-,23?/m0/s1. The van der Waals surface area contributed by atoms with Gasteiger partial charge in [-0.2, -0.15) is 4.98 Å². The Kier molecular flexibility index (Phi) is 6.11. The Balaban J connectivity index is 1.58. The maximum absolute atomic E-state index is 11.5. The molecule has 1 aliphatic heterocycles. The van der Waals surface area contributed by atoms with Crippen molar-refractivity contribution < 1.29 is 14.6 Å². The number of likely N-dealkylation sites (N-methyl/N-ethyl adjacent to an activating group) is 1. The Morgan fingerprint density at radius 3 is 2.66 bits per heavy atom. The lowest BCUT2D eigenvalue weighted by Gasteiger charge is -2.22. The van der Waals surface area contributed by atoms with E-state index in [0.717, 1.165) is 41.3 Å². The highest BCUT2D eigenvalue weighted by atomic mass is 16.5. The lowest BCUT2D eigenvalue weighted by Crippen LogP contribution is -2.31. The summed E-state index contributed by atoms with van der Waals surface area (Å²) in [4.78, 5) is 11.4. The molecule has 2 aromatic heterocycles. The fraction of sp³-hybridized carbons (Fsp3) is 0.444. The van der Waals surface area contributed by atoms with Gasteiger partial charge in [-0.25, -0.2) is 9.50 Å². The molecule has 0 spiro atoms. The van der Waals surface area contributed by atoms with Gasteiger partial charge < -0.3 is 19.5 Å². The number of fused-ring (bicyclic) bond motifs is 2. The maximum Gasteiger partial charge on any atom is 0.337 e. The molecule has 0 aliphatic carbocycles. The van der Waals surface area contributed by atoms with Crippen molar-refractivity contribution in [2.24, 2.45) is 0 Å². The molecule has 3 heterocycles. The Morgan fingerprint density at radius 2 is 1.94 bits per heavy atom. The van der Waals surface area contributed by atoms with Gasteiger partial charge in [0.15, 0.2) is 0 Å². The first-order valence-electron chi connectivity index (χ1n) is 12.2. The van der Waals surface area contributed by atoms with Gasteiger partial charge in [0.05, 0.1) is 11.9 Å². The van der Waals surface area contributed by atoms with E-state index in [1.807, 2.05) is 39.0 Å². The molecule has 8 nitrogen and oxygen atoms in total. The van der Waals surface area contributed by atoms with Crippen LogP contribution in [0.3, 0.4) is 0 Å². The van der Waals surface area contributed by atoms with Gasteiger partial charge in [-0.05, 0) is 76.0 Å². The highest BCUT2D eigenvalue weighted by Gasteiger charge is 2.26. The number of hydrogen-bond acceptors (Lipinski definition) is 7. The fourth-order valence-electron chi connectivity index (χ4n) is 4.77. The minimum absolute atomic E-state index is 0.206. The van der Waals surface area contributed by atoms with E-state index < -0.39 is 11.7 Å². The van der Waals surface area contributed by atoms with Gasteiger partial charge in [0, 0.05) is 6.04 Å². The van der Waals surface area contributed by atoms with E-state index in [2.05, 4.69) is 52.1 Å². The lowest BCUT2D eigenvalue weighted by molar-refractivity contribution is 0.121. The van der Waals surface area contributed by atoms with Crippen LogP contribution in [-0.2, 0) is 0 Å². The SMILES string of the molecule is Cc1cccc2cccc(C(O)c3cnc4c(OC(C)(C)C)nc(OC[C@@H]5CCCN5C)nn34)c12. The van der Waals surface area contributed by atoms with Crippen LogP contribution in [0.15, 0.2) is 42.6 Å². The van der Waals surface area contributed by atoms with Crippen molar-refractivity contribution in [1.82, 2.24) is 24.5 Å². The summed E-state index contributed by atoms with van der Waals surface area (Å²) in [5.74, 6) is 0.329. The van der Waals surface area contributed by atoms with Crippen LogP contribution in [0.2, 0.25) is 0 Å². The average molecular weight is 476 g/mol. The van der Waals surface area contributed by atoms with E-state index in [-0.39, 0.29) is 6.01 Å². The zero-order valence-corrected chi connectivity index (χ0v) is 21.0. The van der Waals surface area contributed by atoms with Crippen molar-refractivity contribution in [1.29, 1.82) is 0 Å². The number of hydrogen-bond donors (Lipinski definition) is 1. The first-order chi connectivity index (χ1) is 16.7. The topological polar surface area (TPSA) is 85.0 Å². The van der Waals surface area contributed by atoms with E-state index in [1.165, 1.54) is 0 Å². The summed E-state index contributed by atoms with van der Waals surface area (Å²) in [6.45, 7) is 9.47. The molecule has 2 atom stereocenters. The monoisotopic (exact) mass is 475 g/mol. The van der Waals surface area contributed by atoms with Crippen LogP contribution in [0.25, 0.3) is 16.4 Å². The lowest BCUT2D eigenvalue weighted by atomic mass is 9.95. The average Bonchev–Trinajstić information content (AvgIpc) is 3.42. The number of rotatable bonds is 6. The van der Waals surface area contributed by atoms with Gasteiger partial charge in [-0.15, -0.1) is 5.10 Å². The Labute approximate surface area is 205 Å². The molecule has 1 fully saturated rings. The van der Waals surface area contributed by atoms with Gasteiger partial charge >= 0.3 is 6.01 Å². The van der Waals surface area contributed by atoms with Gasteiger partial charge in [0.2, 0.25) is 5.65 Å². The summed E-state index contributed by atoms with van der Waals surface area (Å²) >= 11 is 0. The molecule has 0 saturated carbocycles. The number of aliphatic hydroxyl groups excluding tert-OH is 1. The quantitative estimate of drug-likeness (QED) is 0.445. The molecule has 5 rings (SSSR count). The predicted octanol–water partition coefficient (Wildman–Crippen LogP) is 4.32. The van der Waals surface area contributed by atoms with E-state index >= 15 is 0 Å². The van der Waals surface area contributed by atoms with E-state index in [9.17, 15) is 5.11 Å². The van der Waals surface area contributed by atoms with Crippen LogP contribution >= 0.6 is 0 Å². The summed E-state index contributed by atoms with van der Waals surface area (Å²) in [5.41, 5.74) is 2.38. The largest absolute Gasteiger partial charge is 0.469 e. The number of aryl methyl sites for hydroxylation is 1. The molecule has 4 aromatic rings. The number of benzene rings is 2. The minimum Gasteiger partial charge on any atom is -0.469 e. The minimum atomic E-state index is -0.944. The summed E-state index contributed by atoms with van der Waals surface area (Å²) in [7, 11) is 2.11. The molecule has 1 N–H and O–H groups in total.